The van der Waals surface area contributed by atoms with E-state index >= 15 is 0 Å². The molecule has 0 spiro atoms. The Balaban J connectivity index is 3.88. The van der Waals surface area contributed by atoms with Crippen LogP contribution in [0.5, 0.6) is 0 Å². The third kappa shape index (κ3) is 6.81. The summed E-state index contributed by atoms with van der Waals surface area (Å²) in [5, 5.41) is 0. The molecular weight excluding hydrogens is 263 g/mol. The number of rotatable bonds is 6. The van der Waals surface area contributed by atoms with E-state index in [1.54, 1.807) is 8.87 Å². The van der Waals surface area contributed by atoms with Crippen molar-refractivity contribution in [3.8, 4) is 0 Å². The first-order chi connectivity index (χ1) is 6.02. The van der Waals surface area contributed by atoms with Crippen molar-refractivity contribution in [1.82, 2.24) is 0 Å². The Morgan fingerprint density at radius 1 is 0.846 bits per heavy atom. The van der Waals surface area contributed by atoms with E-state index in [1.807, 2.05) is 0 Å². The SMILES string of the molecule is CCC[CH2][Sn+]([CH2]CCC)[C](C)(C)C. The van der Waals surface area contributed by atoms with Gasteiger partial charge in [0.2, 0.25) is 0 Å². The Bertz CT molecular complexity index is 105. The van der Waals surface area contributed by atoms with Crippen LogP contribution in [0.3, 0.4) is 0 Å². The normalized spacial score (nSPS) is 11.8. The van der Waals surface area contributed by atoms with Gasteiger partial charge in [-0.25, -0.2) is 0 Å². The van der Waals surface area contributed by atoms with Crippen LogP contribution in [0.1, 0.15) is 60.3 Å². The van der Waals surface area contributed by atoms with Gasteiger partial charge in [0.15, 0.2) is 0 Å². The molecule has 0 bridgehead atoms. The average molecular weight is 290 g/mol. The molecule has 0 aromatic rings. The van der Waals surface area contributed by atoms with Gasteiger partial charge in [-0.3, -0.25) is 0 Å². The molecule has 0 heterocycles. The zero-order valence-corrected chi connectivity index (χ0v) is 13.1. The molecule has 0 amide bonds. The van der Waals surface area contributed by atoms with Gasteiger partial charge in [0.1, 0.15) is 0 Å². The molecule has 0 N–H and O–H groups in total. The molecule has 0 fully saturated rings. The van der Waals surface area contributed by atoms with Crippen LogP contribution in [0.25, 0.3) is 0 Å². The second kappa shape index (κ2) is 7.14. The van der Waals surface area contributed by atoms with Crippen LogP contribution >= 0.6 is 0 Å². The molecule has 0 unspecified atom stereocenters. The predicted octanol–water partition coefficient (Wildman–Crippen LogP) is 4.88. The van der Waals surface area contributed by atoms with E-state index in [2.05, 4.69) is 34.6 Å². The van der Waals surface area contributed by atoms with Crippen LogP contribution in [-0.2, 0) is 0 Å². The predicted molar refractivity (Wildman–Crippen MR) is 64.9 cm³/mol. The fraction of sp³-hybridized carbons (Fsp3) is 1.00. The topological polar surface area (TPSA) is 0 Å². The quantitative estimate of drug-likeness (QED) is 0.611. The molecule has 0 saturated carbocycles. The van der Waals surface area contributed by atoms with E-state index < -0.39 is 19.8 Å². The molecule has 0 radical (unpaired) electrons. The summed E-state index contributed by atoms with van der Waals surface area (Å²) < 4.78 is 3.97. The van der Waals surface area contributed by atoms with Gasteiger partial charge in [-0.1, -0.05) is 0 Å². The summed E-state index contributed by atoms with van der Waals surface area (Å²) in [6.45, 7) is 12.1. The second-order valence-electron chi connectivity index (χ2n) is 5.06. The molecule has 0 aromatic carbocycles. The third-order valence-corrected chi connectivity index (χ3v) is 14.2. The van der Waals surface area contributed by atoms with Gasteiger partial charge >= 0.3 is 92.4 Å². The minimum absolute atomic E-state index is 0.715. The Morgan fingerprint density at radius 3 is 1.46 bits per heavy atom. The zero-order chi connectivity index (χ0) is 10.3. The second-order valence-corrected chi connectivity index (χ2v) is 15.6. The Labute approximate surface area is 92.2 Å². The molecule has 0 aliphatic heterocycles. The van der Waals surface area contributed by atoms with Crippen molar-refractivity contribution in [2.45, 2.75) is 72.6 Å². The summed E-state index contributed by atoms with van der Waals surface area (Å²) in [7, 11) is 0. The van der Waals surface area contributed by atoms with E-state index in [4.69, 9.17) is 0 Å². The van der Waals surface area contributed by atoms with E-state index in [9.17, 15) is 0 Å². The van der Waals surface area contributed by atoms with Crippen molar-refractivity contribution in [3.05, 3.63) is 0 Å². The molecule has 0 atom stereocenters. The molecular formula is C12H27Sn+. The average Bonchev–Trinajstić information content (AvgIpc) is 2.02. The number of hydrogen-bond donors (Lipinski definition) is 0. The Hall–Kier alpha value is 0.799. The van der Waals surface area contributed by atoms with Crippen LogP contribution in [0, 0.1) is 0 Å². The Morgan fingerprint density at radius 2 is 1.23 bits per heavy atom. The van der Waals surface area contributed by atoms with Crippen LogP contribution in [0.4, 0.5) is 0 Å². The zero-order valence-electron chi connectivity index (χ0n) is 10.2. The van der Waals surface area contributed by atoms with E-state index in [1.165, 1.54) is 25.7 Å². The van der Waals surface area contributed by atoms with Gasteiger partial charge in [0, 0.05) is 0 Å². The molecule has 0 nitrogen and oxygen atoms in total. The molecule has 0 aliphatic carbocycles. The number of unbranched alkanes of at least 4 members (excludes halogenated alkanes) is 2. The van der Waals surface area contributed by atoms with Crippen molar-refractivity contribution in [3.63, 3.8) is 0 Å². The van der Waals surface area contributed by atoms with E-state index in [-0.39, 0.29) is 0 Å². The molecule has 0 aliphatic rings. The summed E-state index contributed by atoms with van der Waals surface area (Å²) in [5.74, 6) is 0. The monoisotopic (exact) mass is 291 g/mol. The maximum absolute atomic E-state index is 2.48. The fourth-order valence-corrected chi connectivity index (χ4v) is 11.1. The molecule has 13 heavy (non-hydrogen) atoms. The summed E-state index contributed by atoms with van der Waals surface area (Å²) in [5.41, 5.74) is 0. The van der Waals surface area contributed by atoms with Gasteiger partial charge in [-0.05, 0) is 0 Å². The van der Waals surface area contributed by atoms with Crippen LogP contribution in [-0.4, -0.2) is 19.8 Å². The first-order valence-electron chi connectivity index (χ1n) is 5.87. The molecule has 1 heteroatoms. The summed E-state index contributed by atoms with van der Waals surface area (Å²) in [4.78, 5) is 0. The molecule has 0 rings (SSSR count). The van der Waals surface area contributed by atoms with Crippen molar-refractivity contribution in [2.75, 3.05) is 0 Å². The Kier molecular flexibility index (Phi) is 7.58. The van der Waals surface area contributed by atoms with Gasteiger partial charge in [0.05, 0.1) is 0 Å². The molecule has 78 valence electrons. The van der Waals surface area contributed by atoms with Gasteiger partial charge in [-0.2, -0.15) is 0 Å². The van der Waals surface area contributed by atoms with Crippen molar-refractivity contribution in [2.24, 2.45) is 0 Å². The van der Waals surface area contributed by atoms with Crippen molar-refractivity contribution in [1.29, 1.82) is 0 Å². The summed E-state index contributed by atoms with van der Waals surface area (Å²) >= 11 is -1.04. The standard InChI is InChI=1S/3C4H9.Sn/c1-4(2)3;2*1-3-4-2;/h1-3H3;2*1,3-4H2,2H3;/q;;;+1. The van der Waals surface area contributed by atoms with Crippen LogP contribution in [0.15, 0.2) is 0 Å². The van der Waals surface area contributed by atoms with Crippen LogP contribution < -0.4 is 0 Å². The summed E-state index contributed by atoms with van der Waals surface area (Å²) in [6.07, 6.45) is 5.78. The molecule has 0 saturated heterocycles. The molecule has 0 aromatic heterocycles. The van der Waals surface area contributed by atoms with Crippen molar-refractivity contribution < 1.29 is 0 Å². The minimum atomic E-state index is -1.04. The fourth-order valence-electron chi connectivity index (χ4n) is 1.66. The van der Waals surface area contributed by atoms with Crippen LogP contribution in [0.2, 0.25) is 12.3 Å². The number of hydrogen-bond acceptors (Lipinski definition) is 0. The van der Waals surface area contributed by atoms with Crippen molar-refractivity contribution >= 4 is 19.8 Å². The first kappa shape index (κ1) is 13.8. The van der Waals surface area contributed by atoms with Gasteiger partial charge in [-0.15, -0.1) is 0 Å². The third-order valence-electron chi connectivity index (χ3n) is 2.72. The summed E-state index contributed by atoms with van der Waals surface area (Å²) in [6, 6.07) is 0. The van der Waals surface area contributed by atoms with E-state index in [0.717, 1.165) is 0 Å². The maximum atomic E-state index is 2.48. The first-order valence-corrected chi connectivity index (χ1v) is 11.3. The van der Waals surface area contributed by atoms with Gasteiger partial charge < -0.3 is 0 Å². The van der Waals surface area contributed by atoms with E-state index in [0.29, 0.717) is 3.43 Å². The van der Waals surface area contributed by atoms with Gasteiger partial charge in [0.25, 0.3) is 0 Å².